The first-order valence-corrected chi connectivity index (χ1v) is 8.33. The number of hydrogen-bond donors (Lipinski definition) is 2. The Hall–Kier alpha value is -3.02. The lowest BCUT2D eigenvalue weighted by Gasteiger charge is -2.29. The highest BCUT2D eigenvalue weighted by Crippen LogP contribution is 2.32. The largest absolute Gasteiger partial charge is 0.423 e. The van der Waals surface area contributed by atoms with Gasteiger partial charge in [-0.25, -0.2) is 4.39 Å². The van der Waals surface area contributed by atoms with Gasteiger partial charge in [0, 0.05) is 60.5 Å². The Morgan fingerprint density at radius 3 is 3.04 bits per heavy atom. The summed E-state index contributed by atoms with van der Waals surface area (Å²) in [4.78, 5) is 10.1. The third kappa shape index (κ3) is 2.25. The predicted octanol–water partition coefficient (Wildman–Crippen LogP) is 4.05. The molecule has 0 saturated heterocycles. The zero-order chi connectivity index (χ0) is 17.0. The fourth-order valence-electron chi connectivity index (χ4n) is 3.62. The molecule has 4 aromatic rings. The minimum absolute atomic E-state index is 0.200. The molecule has 0 saturated carbocycles. The topological polar surface area (TPSA) is 57.1 Å². The van der Waals surface area contributed by atoms with Gasteiger partial charge < -0.3 is 19.6 Å². The molecule has 3 heterocycles. The predicted molar refractivity (Wildman–Crippen MR) is 96.6 cm³/mol. The zero-order valence-electron chi connectivity index (χ0n) is 13.8. The Morgan fingerprint density at radius 2 is 2.16 bits per heavy atom. The summed E-state index contributed by atoms with van der Waals surface area (Å²) >= 11 is 0. The molecule has 5 nitrogen and oxygen atoms in total. The van der Waals surface area contributed by atoms with Crippen LogP contribution in [0.15, 0.2) is 40.8 Å². The van der Waals surface area contributed by atoms with E-state index in [9.17, 15) is 4.39 Å². The van der Waals surface area contributed by atoms with Crippen LogP contribution in [0.4, 0.5) is 16.1 Å². The molecule has 0 aliphatic carbocycles. The number of hydrogen-bond acceptors (Lipinski definition) is 4. The Bertz CT molecular complexity index is 1100. The molecular formula is C19H17FN4O. The second kappa shape index (κ2) is 5.24. The summed E-state index contributed by atoms with van der Waals surface area (Å²) in [7, 11) is 1.79. The van der Waals surface area contributed by atoms with Crippen LogP contribution in [0.1, 0.15) is 11.3 Å². The first-order chi connectivity index (χ1) is 12.2. The van der Waals surface area contributed by atoms with Crippen molar-refractivity contribution in [1.82, 2.24) is 9.97 Å². The van der Waals surface area contributed by atoms with Crippen LogP contribution in [0.3, 0.4) is 0 Å². The van der Waals surface area contributed by atoms with Crippen LogP contribution in [0.2, 0.25) is 0 Å². The van der Waals surface area contributed by atoms with E-state index in [0.717, 1.165) is 47.2 Å². The van der Waals surface area contributed by atoms with E-state index in [1.165, 1.54) is 17.3 Å². The molecule has 0 bridgehead atoms. The van der Waals surface area contributed by atoms with Gasteiger partial charge in [0.05, 0.1) is 0 Å². The van der Waals surface area contributed by atoms with E-state index in [-0.39, 0.29) is 5.82 Å². The van der Waals surface area contributed by atoms with Crippen molar-refractivity contribution in [2.75, 3.05) is 23.8 Å². The molecule has 126 valence electrons. The first-order valence-electron chi connectivity index (χ1n) is 8.33. The molecule has 0 amide bonds. The third-order valence-corrected chi connectivity index (χ3v) is 4.89. The number of aromatic amines is 1. The van der Waals surface area contributed by atoms with Crippen molar-refractivity contribution in [1.29, 1.82) is 0 Å². The monoisotopic (exact) mass is 336 g/mol. The van der Waals surface area contributed by atoms with Crippen LogP contribution in [-0.4, -0.2) is 23.6 Å². The number of oxazole rings is 1. The van der Waals surface area contributed by atoms with Crippen molar-refractivity contribution in [3.8, 4) is 0 Å². The Kier molecular flexibility index (Phi) is 3.00. The average molecular weight is 336 g/mol. The number of anilines is 2. The molecule has 2 aromatic heterocycles. The number of halogens is 1. The van der Waals surface area contributed by atoms with E-state index in [1.807, 2.05) is 18.2 Å². The van der Waals surface area contributed by atoms with Gasteiger partial charge in [-0.15, -0.1) is 0 Å². The molecule has 0 fully saturated rings. The molecule has 1 aliphatic rings. The number of aromatic nitrogens is 2. The van der Waals surface area contributed by atoms with Crippen molar-refractivity contribution >= 4 is 33.7 Å². The Labute approximate surface area is 143 Å². The number of fused-ring (bicyclic) bond motifs is 4. The van der Waals surface area contributed by atoms with Crippen molar-refractivity contribution in [3.05, 3.63) is 53.5 Å². The molecule has 1 aliphatic heterocycles. The third-order valence-electron chi connectivity index (χ3n) is 4.89. The van der Waals surface area contributed by atoms with E-state index < -0.39 is 0 Å². The summed E-state index contributed by atoms with van der Waals surface area (Å²) in [5.74, 6) is -0.200. The second-order valence-electron chi connectivity index (χ2n) is 6.36. The lowest BCUT2D eigenvalue weighted by Crippen LogP contribution is -2.29. The van der Waals surface area contributed by atoms with Gasteiger partial charge in [0.15, 0.2) is 5.58 Å². The summed E-state index contributed by atoms with van der Waals surface area (Å²) in [6.07, 6.45) is 0.905. The number of benzene rings is 2. The molecule has 2 N–H and O–H groups in total. The number of H-pyrrole nitrogens is 1. The second-order valence-corrected chi connectivity index (χ2v) is 6.36. The smallest absolute Gasteiger partial charge is 0.295 e. The summed E-state index contributed by atoms with van der Waals surface area (Å²) in [6, 6.07) is 11.5. The maximum Gasteiger partial charge on any atom is 0.295 e. The van der Waals surface area contributed by atoms with Gasteiger partial charge in [-0.3, -0.25) is 0 Å². The summed E-state index contributed by atoms with van der Waals surface area (Å²) < 4.78 is 19.3. The van der Waals surface area contributed by atoms with Crippen LogP contribution < -0.4 is 10.2 Å². The van der Waals surface area contributed by atoms with E-state index >= 15 is 0 Å². The molecule has 0 radical (unpaired) electrons. The highest BCUT2D eigenvalue weighted by atomic mass is 19.1. The van der Waals surface area contributed by atoms with E-state index in [2.05, 4.69) is 26.3 Å². The van der Waals surface area contributed by atoms with E-state index in [4.69, 9.17) is 4.42 Å². The summed E-state index contributed by atoms with van der Waals surface area (Å²) in [6.45, 7) is 1.65. The number of rotatable bonds is 2. The van der Waals surface area contributed by atoms with Crippen LogP contribution >= 0.6 is 0 Å². The molecule has 0 spiro atoms. The fourth-order valence-corrected chi connectivity index (χ4v) is 3.62. The van der Waals surface area contributed by atoms with Gasteiger partial charge >= 0.3 is 0 Å². The average Bonchev–Trinajstić information content (AvgIpc) is 3.21. The Balaban J connectivity index is 1.54. The summed E-state index contributed by atoms with van der Waals surface area (Å²) in [5.41, 5.74) is 6.06. The van der Waals surface area contributed by atoms with Crippen LogP contribution in [0.25, 0.3) is 22.0 Å². The highest BCUT2D eigenvalue weighted by Gasteiger charge is 2.22. The first kappa shape index (κ1) is 14.3. The van der Waals surface area contributed by atoms with Gasteiger partial charge in [0.2, 0.25) is 0 Å². The van der Waals surface area contributed by atoms with Crippen LogP contribution in [0, 0.1) is 5.82 Å². The molecule has 0 unspecified atom stereocenters. The zero-order valence-corrected chi connectivity index (χ0v) is 13.8. The van der Waals surface area contributed by atoms with Gasteiger partial charge in [-0.1, -0.05) is 0 Å². The van der Waals surface area contributed by atoms with Gasteiger partial charge in [-0.2, -0.15) is 4.98 Å². The lowest BCUT2D eigenvalue weighted by molar-refractivity contribution is 0.620. The molecule has 5 rings (SSSR count). The minimum Gasteiger partial charge on any atom is -0.423 e. The Morgan fingerprint density at radius 1 is 1.24 bits per heavy atom. The molecule has 2 aromatic carbocycles. The fraction of sp³-hybridized carbons (Fsp3) is 0.211. The van der Waals surface area contributed by atoms with Crippen molar-refractivity contribution < 1.29 is 8.81 Å². The van der Waals surface area contributed by atoms with Crippen molar-refractivity contribution in [2.45, 2.75) is 13.0 Å². The number of nitrogens with zero attached hydrogens (tertiary/aromatic N) is 2. The quantitative estimate of drug-likeness (QED) is 0.580. The van der Waals surface area contributed by atoms with Crippen molar-refractivity contribution in [3.63, 3.8) is 0 Å². The lowest BCUT2D eigenvalue weighted by atomic mass is 10.0. The van der Waals surface area contributed by atoms with E-state index in [1.54, 1.807) is 13.1 Å². The molecule has 0 atom stereocenters. The minimum atomic E-state index is -0.200. The van der Waals surface area contributed by atoms with Gasteiger partial charge in [-0.05, 0) is 30.3 Å². The summed E-state index contributed by atoms with van der Waals surface area (Å²) in [5, 5.41) is 3.89. The number of nitrogens with one attached hydrogen (secondary N) is 2. The molecule has 25 heavy (non-hydrogen) atoms. The SMILES string of the molecule is CNc1nc2ccc(N3CCc4[nH]c5ccc(F)cc5c4C3)cc2o1. The van der Waals surface area contributed by atoms with Crippen molar-refractivity contribution in [2.24, 2.45) is 0 Å². The molecule has 6 heteroatoms. The molecular weight excluding hydrogens is 319 g/mol. The van der Waals surface area contributed by atoms with Crippen LogP contribution in [-0.2, 0) is 13.0 Å². The maximum atomic E-state index is 13.7. The standard InChI is InChI=1S/C19H17FN4O/c1-21-19-23-17-5-3-12(9-18(17)25-19)24-7-6-16-14(10-24)13-8-11(20)2-4-15(13)22-16/h2-5,8-9,22H,6-7,10H2,1H3,(H,21,23). The van der Waals surface area contributed by atoms with Gasteiger partial charge in [0.25, 0.3) is 6.01 Å². The maximum absolute atomic E-state index is 13.7. The highest BCUT2D eigenvalue weighted by molar-refractivity contribution is 5.86. The normalized spacial score (nSPS) is 14.2. The van der Waals surface area contributed by atoms with E-state index in [0.29, 0.717) is 6.01 Å². The van der Waals surface area contributed by atoms with Crippen LogP contribution in [0.5, 0.6) is 0 Å². The van der Waals surface area contributed by atoms with Gasteiger partial charge in [0.1, 0.15) is 11.3 Å².